The Labute approximate surface area is 202 Å². The molecule has 0 fully saturated rings. The lowest BCUT2D eigenvalue weighted by molar-refractivity contribution is 0.482. The molecule has 7 heteroatoms. The van der Waals surface area contributed by atoms with E-state index >= 15 is 0 Å². The number of hydrogen-bond acceptors (Lipinski definition) is 5. The maximum Gasteiger partial charge on any atom is 0.339 e. The van der Waals surface area contributed by atoms with E-state index in [4.69, 9.17) is 8.92 Å². The molecule has 1 N–H and O–H groups in total. The zero-order chi connectivity index (χ0) is 23.3. The zero-order valence-corrected chi connectivity index (χ0v) is 20.3. The fourth-order valence-electron chi connectivity index (χ4n) is 3.10. The normalized spacial score (nSPS) is 11.1. The van der Waals surface area contributed by atoms with E-state index in [2.05, 4.69) is 21.2 Å². The van der Waals surface area contributed by atoms with Gasteiger partial charge in [-0.05, 0) is 73.7 Å². The van der Waals surface area contributed by atoms with Crippen LogP contribution in [0.25, 0.3) is 0 Å². The van der Waals surface area contributed by atoms with E-state index < -0.39 is 10.1 Å². The number of para-hydroxylation sites is 1. The molecule has 33 heavy (non-hydrogen) atoms. The number of halogens is 1. The van der Waals surface area contributed by atoms with Gasteiger partial charge in [0.1, 0.15) is 22.1 Å². The maximum atomic E-state index is 12.7. The van der Waals surface area contributed by atoms with Crippen LogP contribution in [0.15, 0.2) is 106 Å². The lowest BCUT2D eigenvalue weighted by Gasteiger charge is -2.14. The van der Waals surface area contributed by atoms with Gasteiger partial charge in [0.2, 0.25) is 0 Å². The molecule has 0 aliphatic carbocycles. The first kappa shape index (κ1) is 22.9. The largest absolute Gasteiger partial charge is 0.457 e. The number of ether oxygens (including phenoxy) is 1. The van der Waals surface area contributed by atoms with Crippen molar-refractivity contribution in [3.63, 3.8) is 0 Å². The van der Waals surface area contributed by atoms with E-state index in [1.54, 1.807) is 36.4 Å². The van der Waals surface area contributed by atoms with E-state index in [1.165, 1.54) is 0 Å². The average Bonchev–Trinajstić information content (AvgIpc) is 2.81. The van der Waals surface area contributed by atoms with Crippen molar-refractivity contribution < 1.29 is 17.3 Å². The van der Waals surface area contributed by atoms with Crippen molar-refractivity contribution in [3.8, 4) is 17.2 Å². The molecule has 4 aromatic carbocycles. The number of rotatable bonds is 8. The van der Waals surface area contributed by atoms with E-state index in [0.717, 1.165) is 27.2 Å². The summed E-state index contributed by atoms with van der Waals surface area (Å²) in [6.45, 7) is 2.27. The summed E-state index contributed by atoms with van der Waals surface area (Å²) in [5, 5.41) is 3.30. The van der Waals surface area contributed by atoms with Crippen LogP contribution in [0, 0.1) is 6.92 Å². The first-order valence-corrected chi connectivity index (χ1v) is 12.5. The summed E-state index contributed by atoms with van der Waals surface area (Å²) in [6, 6.07) is 28.9. The molecule has 0 radical (unpaired) electrons. The Balaban J connectivity index is 1.46. The second-order valence-electron chi connectivity index (χ2n) is 7.40. The average molecular weight is 524 g/mol. The van der Waals surface area contributed by atoms with Gasteiger partial charge in [-0.3, -0.25) is 0 Å². The number of anilines is 1. The lowest BCUT2D eigenvalue weighted by Crippen LogP contribution is -2.12. The van der Waals surface area contributed by atoms with Crippen LogP contribution in [-0.2, 0) is 16.7 Å². The topological polar surface area (TPSA) is 64.6 Å². The standard InChI is InChI=1S/C26H22BrNO4S/c1-19-7-14-25(15-8-19)33(29,30)32-26-16-9-21(27)17-20(26)18-28-22-10-12-24(13-11-22)31-23-5-3-2-4-6-23/h2-17,28H,18H2,1H3. The van der Waals surface area contributed by atoms with Gasteiger partial charge >= 0.3 is 10.1 Å². The Morgan fingerprint density at radius 3 is 2.18 bits per heavy atom. The minimum atomic E-state index is -3.94. The molecule has 0 spiro atoms. The smallest absolute Gasteiger partial charge is 0.339 e. The molecule has 5 nitrogen and oxygen atoms in total. The molecule has 0 aliphatic rings. The summed E-state index contributed by atoms with van der Waals surface area (Å²) >= 11 is 3.45. The highest BCUT2D eigenvalue weighted by Crippen LogP contribution is 2.28. The first-order chi connectivity index (χ1) is 15.9. The van der Waals surface area contributed by atoms with Gasteiger partial charge in [0.25, 0.3) is 0 Å². The molecule has 0 unspecified atom stereocenters. The molecule has 0 bridgehead atoms. The van der Waals surface area contributed by atoms with Crippen LogP contribution in [0.5, 0.6) is 17.2 Å². The van der Waals surface area contributed by atoms with E-state index in [1.807, 2.05) is 67.6 Å². The van der Waals surface area contributed by atoms with Gasteiger partial charge in [0, 0.05) is 22.3 Å². The number of aryl methyl sites for hydroxylation is 1. The van der Waals surface area contributed by atoms with Crippen LogP contribution in [-0.4, -0.2) is 8.42 Å². The second kappa shape index (κ2) is 10.1. The van der Waals surface area contributed by atoms with Crippen molar-refractivity contribution in [1.29, 1.82) is 0 Å². The highest BCUT2D eigenvalue weighted by molar-refractivity contribution is 9.10. The minimum Gasteiger partial charge on any atom is -0.457 e. The van der Waals surface area contributed by atoms with Crippen molar-refractivity contribution in [3.05, 3.63) is 113 Å². The Morgan fingerprint density at radius 1 is 0.818 bits per heavy atom. The first-order valence-electron chi connectivity index (χ1n) is 10.3. The molecule has 0 heterocycles. The van der Waals surface area contributed by atoms with Crippen molar-refractivity contribution in [2.24, 2.45) is 0 Å². The lowest BCUT2D eigenvalue weighted by atomic mass is 10.2. The Kier molecular flexibility index (Phi) is 7.01. The zero-order valence-electron chi connectivity index (χ0n) is 17.9. The van der Waals surface area contributed by atoms with Crippen LogP contribution in [0.1, 0.15) is 11.1 Å². The number of benzene rings is 4. The van der Waals surface area contributed by atoms with Crippen molar-refractivity contribution >= 4 is 31.7 Å². The molecule has 0 atom stereocenters. The third-order valence-corrected chi connectivity index (χ3v) is 6.59. The molecular formula is C26H22BrNO4S. The van der Waals surface area contributed by atoms with Gasteiger partial charge < -0.3 is 14.2 Å². The van der Waals surface area contributed by atoms with Crippen molar-refractivity contribution in [2.45, 2.75) is 18.4 Å². The maximum absolute atomic E-state index is 12.7. The van der Waals surface area contributed by atoms with Gasteiger partial charge in [0.15, 0.2) is 0 Å². The van der Waals surface area contributed by atoms with Crippen LogP contribution >= 0.6 is 15.9 Å². The van der Waals surface area contributed by atoms with Gasteiger partial charge in [0.05, 0.1) is 0 Å². The molecular weight excluding hydrogens is 502 g/mol. The highest BCUT2D eigenvalue weighted by Gasteiger charge is 2.18. The summed E-state index contributed by atoms with van der Waals surface area (Å²) in [6.07, 6.45) is 0. The quantitative estimate of drug-likeness (QED) is 0.253. The third-order valence-electron chi connectivity index (χ3n) is 4.85. The number of hydrogen-bond donors (Lipinski definition) is 1. The fourth-order valence-corrected chi connectivity index (χ4v) is 4.47. The molecule has 0 aliphatic heterocycles. The Morgan fingerprint density at radius 2 is 1.48 bits per heavy atom. The Hall–Kier alpha value is -3.29. The number of nitrogens with one attached hydrogen (secondary N) is 1. The van der Waals surface area contributed by atoms with Crippen LogP contribution < -0.4 is 14.2 Å². The van der Waals surface area contributed by atoms with Crippen molar-refractivity contribution in [1.82, 2.24) is 0 Å². The molecule has 4 rings (SSSR count). The van der Waals surface area contributed by atoms with Gasteiger partial charge in [-0.2, -0.15) is 8.42 Å². The summed E-state index contributed by atoms with van der Waals surface area (Å²) < 4.78 is 37.6. The molecule has 0 amide bonds. The Bertz CT molecular complexity index is 1320. The minimum absolute atomic E-state index is 0.115. The summed E-state index contributed by atoms with van der Waals surface area (Å²) in [7, 11) is -3.94. The molecule has 4 aromatic rings. The monoisotopic (exact) mass is 523 g/mol. The molecule has 168 valence electrons. The molecule has 0 aromatic heterocycles. The summed E-state index contributed by atoms with van der Waals surface area (Å²) in [4.78, 5) is 0.115. The van der Waals surface area contributed by atoms with Crippen LogP contribution in [0.2, 0.25) is 0 Å². The van der Waals surface area contributed by atoms with Gasteiger partial charge in [-0.15, -0.1) is 0 Å². The van der Waals surface area contributed by atoms with E-state index in [9.17, 15) is 8.42 Å². The fraction of sp³-hybridized carbons (Fsp3) is 0.0769. The van der Waals surface area contributed by atoms with Crippen molar-refractivity contribution in [2.75, 3.05) is 5.32 Å². The molecule has 0 saturated heterocycles. The van der Waals surface area contributed by atoms with Gasteiger partial charge in [-0.1, -0.05) is 51.8 Å². The third kappa shape index (κ3) is 6.15. The van der Waals surface area contributed by atoms with E-state index in [-0.39, 0.29) is 10.6 Å². The highest BCUT2D eigenvalue weighted by atomic mass is 79.9. The van der Waals surface area contributed by atoms with Crippen LogP contribution in [0.3, 0.4) is 0 Å². The van der Waals surface area contributed by atoms with Crippen LogP contribution in [0.4, 0.5) is 5.69 Å². The SMILES string of the molecule is Cc1ccc(S(=O)(=O)Oc2ccc(Br)cc2CNc2ccc(Oc3ccccc3)cc2)cc1. The molecule has 0 saturated carbocycles. The predicted molar refractivity (Wildman–Crippen MR) is 133 cm³/mol. The second-order valence-corrected chi connectivity index (χ2v) is 9.86. The summed E-state index contributed by atoms with van der Waals surface area (Å²) in [5.74, 6) is 1.77. The van der Waals surface area contributed by atoms with Gasteiger partial charge in [-0.25, -0.2) is 0 Å². The summed E-state index contributed by atoms with van der Waals surface area (Å²) in [5.41, 5.74) is 2.54. The predicted octanol–water partition coefficient (Wildman–Crippen LogP) is 6.93. The van der Waals surface area contributed by atoms with E-state index in [0.29, 0.717) is 12.1 Å².